The van der Waals surface area contributed by atoms with Crippen molar-refractivity contribution in [2.45, 2.75) is 6.54 Å². The van der Waals surface area contributed by atoms with Gasteiger partial charge < -0.3 is 21.0 Å². The molecule has 0 unspecified atom stereocenters. The molecule has 0 aliphatic rings. The number of hydrogen-bond acceptors (Lipinski definition) is 4. The van der Waals surface area contributed by atoms with E-state index in [0.29, 0.717) is 18.2 Å². The minimum absolute atomic E-state index is 0.0526. The van der Waals surface area contributed by atoms with Crippen LogP contribution >= 0.6 is 0 Å². The Bertz CT molecular complexity index is 871. The summed E-state index contributed by atoms with van der Waals surface area (Å²) >= 11 is 0. The standard InChI is InChI=1S/C18H17FN6/c19-15-3-1-12(2-4-15)10-23-17-7-14(13-5-6-22-11-13)8-18(25-17)24-16(21)9-20/h1-9,11,20,22H,10H2,(H3,21,23,24,25). The normalized spacial score (nSPS) is 10.3. The van der Waals surface area contributed by atoms with Crippen LogP contribution in [0.2, 0.25) is 0 Å². The molecule has 7 heteroatoms. The summed E-state index contributed by atoms with van der Waals surface area (Å²) < 4.78 is 13.0. The van der Waals surface area contributed by atoms with E-state index in [1.54, 1.807) is 12.1 Å². The number of H-pyrrole nitrogens is 1. The molecule has 3 aromatic rings. The molecule has 0 spiro atoms. The van der Waals surface area contributed by atoms with Gasteiger partial charge in [0.1, 0.15) is 23.3 Å². The fraction of sp³-hybridized carbons (Fsp3) is 0.0556. The second-order valence-electron chi connectivity index (χ2n) is 5.39. The first kappa shape index (κ1) is 16.4. The SMILES string of the molecule is N=CC(=N)Nc1cc(-c2cc[nH]c2)cc(NCc2ccc(F)cc2)n1. The van der Waals surface area contributed by atoms with Crippen LogP contribution in [-0.2, 0) is 6.54 Å². The Balaban J connectivity index is 1.84. The fourth-order valence-corrected chi connectivity index (χ4v) is 2.32. The molecule has 0 bridgehead atoms. The van der Waals surface area contributed by atoms with Gasteiger partial charge in [-0.25, -0.2) is 9.37 Å². The van der Waals surface area contributed by atoms with Crippen LogP contribution in [0.4, 0.5) is 16.0 Å². The molecule has 0 atom stereocenters. The third-order valence-electron chi connectivity index (χ3n) is 3.55. The van der Waals surface area contributed by atoms with Gasteiger partial charge in [0, 0.05) is 18.9 Å². The minimum Gasteiger partial charge on any atom is -0.367 e. The van der Waals surface area contributed by atoms with Crippen molar-refractivity contribution in [1.82, 2.24) is 9.97 Å². The molecule has 0 saturated carbocycles. The molecule has 126 valence electrons. The van der Waals surface area contributed by atoms with Gasteiger partial charge in [-0.2, -0.15) is 0 Å². The molecule has 0 aliphatic carbocycles. The van der Waals surface area contributed by atoms with E-state index in [2.05, 4.69) is 20.6 Å². The molecule has 2 heterocycles. The van der Waals surface area contributed by atoms with Gasteiger partial charge in [-0.05, 0) is 47.0 Å². The number of benzene rings is 1. The van der Waals surface area contributed by atoms with Crippen LogP contribution in [0.1, 0.15) is 5.56 Å². The summed E-state index contributed by atoms with van der Waals surface area (Å²) in [6, 6.07) is 11.9. The van der Waals surface area contributed by atoms with E-state index in [4.69, 9.17) is 10.8 Å². The number of anilines is 2. The van der Waals surface area contributed by atoms with Gasteiger partial charge in [0.25, 0.3) is 0 Å². The minimum atomic E-state index is -0.270. The van der Waals surface area contributed by atoms with Crippen LogP contribution in [0.15, 0.2) is 54.9 Å². The summed E-state index contributed by atoms with van der Waals surface area (Å²) in [5, 5.41) is 20.7. The molecule has 0 amide bonds. The van der Waals surface area contributed by atoms with Crippen molar-refractivity contribution in [3.8, 4) is 11.1 Å². The zero-order valence-corrected chi connectivity index (χ0v) is 13.3. The first-order valence-electron chi connectivity index (χ1n) is 7.63. The molecular formula is C18H17FN6. The highest BCUT2D eigenvalue weighted by Gasteiger charge is 2.07. The highest BCUT2D eigenvalue weighted by Crippen LogP contribution is 2.25. The predicted octanol–water partition coefficient (Wildman–Crippen LogP) is 3.87. The second kappa shape index (κ2) is 7.39. The Kier molecular flexibility index (Phi) is 4.84. The Morgan fingerprint density at radius 1 is 1.12 bits per heavy atom. The van der Waals surface area contributed by atoms with Gasteiger partial charge in [0.15, 0.2) is 0 Å². The molecule has 6 nitrogen and oxygen atoms in total. The number of nitrogens with one attached hydrogen (secondary N) is 5. The number of amidine groups is 1. The first-order chi connectivity index (χ1) is 12.1. The lowest BCUT2D eigenvalue weighted by Crippen LogP contribution is -2.13. The quantitative estimate of drug-likeness (QED) is 0.349. The van der Waals surface area contributed by atoms with Crippen molar-refractivity contribution < 1.29 is 4.39 Å². The van der Waals surface area contributed by atoms with Gasteiger partial charge in [0.05, 0.1) is 6.21 Å². The summed E-state index contributed by atoms with van der Waals surface area (Å²) in [4.78, 5) is 7.42. The summed E-state index contributed by atoms with van der Waals surface area (Å²) in [7, 11) is 0. The molecule has 5 N–H and O–H groups in total. The molecule has 0 aliphatic heterocycles. The van der Waals surface area contributed by atoms with Gasteiger partial charge >= 0.3 is 0 Å². The average Bonchev–Trinajstić information content (AvgIpc) is 3.16. The van der Waals surface area contributed by atoms with Crippen LogP contribution in [-0.4, -0.2) is 22.0 Å². The summed E-state index contributed by atoms with van der Waals surface area (Å²) in [6.07, 6.45) is 4.61. The molecule has 0 radical (unpaired) electrons. The monoisotopic (exact) mass is 336 g/mol. The van der Waals surface area contributed by atoms with Crippen molar-refractivity contribution in [2.24, 2.45) is 0 Å². The van der Waals surface area contributed by atoms with Crippen molar-refractivity contribution >= 4 is 23.7 Å². The van der Waals surface area contributed by atoms with E-state index >= 15 is 0 Å². The number of aromatic amines is 1. The van der Waals surface area contributed by atoms with Crippen molar-refractivity contribution in [2.75, 3.05) is 10.6 Å². The van der Waals surface area contributed by atoms with E-state index in [1.807, 2.05) is 30.6 Å². The van der Waals surface area contributed by atoms with Gasteiger partial charge in [-0.15, -0.1) is 0 Å². The Labute approximate surface area is 144 Å². The van der Waals surface area contributed by atoms with Crippen LogP contribution in [0.5, 0.6) is 0 Å². The lowest BCUT2D eigenvalue weighted by Gasteiger charge is -2.11. The largest absolute Gasteiger partial charge is 0.367 e. The maximum absolute atomic E-state index is 13.0. The third-order valence-corrected chi connectivity index (χ3v) is 3.55. The Hall–Kier alpha value is -3.48. The smallest absolute Gasteiger partial charge is 0.141 e. The molecule has 1 aromatic carbocycles. The van der Waals surface area contributed by atoms with Crippen LogP contribution in [0.3, 0.4) is 0 Å². The highest BCUT2D eigenvalue weighted by atomic mass is 19.1. The maximum Gasteiger partial charge on any atom is 0.141 e. The predicted molar refractivity (Wildman–Crippen MR) is 97.9 cm³/mol. The number of pyridine rings is 1. The zero-order chi connectivity index (χ0) is 17.6. The van der Waals surface area contributed by atoms with Gasteiger partial charge in [-0.3, -0.25) is 5.41 Å². The number of nitrogens with zero attached hydrogens (tertiary/aromatic N) is 1. The second-order valence-corrected chi connectivity index (χ2v) is 5.39. The van der Waals surface area contributed by atoms with Crippen LogP contribution in [0.25, 0.3) is 11.1 Å². The lowest BCUT2D eigenvalue weighted by molar-refractivity contribution is 0.627. The summed E-state index contributed by atoms with van der Waals surface area (Å²) in [5.74, 6) is 0.758. The summed E-state index contributed by atoms with van der Waals surface area (Å²) in [6.45, 7) is 0.491. The summed E-state index contributed by atoms with van der Waals surface area (Å²) in [5.41, 5.74) is 2.83. The van der Waals surface area contributed by atoms with Gasteiger partial charge in [-0.1, -0.05) is 12.1 Å². The Morgan fingerprint density at radius 2 is 1.88 bits per heavy atom. The average molecular weight is 336 g/mol. The van der Waals surface area contributed by atoms with Crippen molar-refractivity contribution in [1.29, 1.82) is 10.8 Å². The molecule has 3 rings (SSSR count). The van der Waals surface area contributed by atoms with Crippen molar-refractivity contribution in [3.05, 3.63) is 66.2 Å². The third kappa shape index (κ3) is 4.29. The molecule has 0 fully saturated rings. The van der Waals surface area contributed by atoms with E-state index in [-0.39, 0.29) is 11.7 Å². The topological polar surface area (TPSA) is 100 Å². The van der Waals surface area contributed by atoms with Crippen LogP contribution in [0, 0.1) is 16.6 Å². The maximum atomic E-state index is 13.0. The van der Waals surface area contributed by atoms with E-state index in [9.17, 15) is 4.39 Å². The Morgan fingerprint density at radius 3 is 2.56 bits per heavy atom. The van der Waals surface area contributed by atoms with E-state index in [1.165, 1.54) is 12.1 Å². The van der Waals surface area contributed by atoms with Crippen molar-refractivity contribution in [3.63, 3.8) is 0 Å². The number of halogens is 1. The number of hydrogen-bond donors (Lipinski definition) is 5. The fourth-order valence-electron chi connectivity index (χ4n) is 2.32. The molecule has 0 saturated heterocycles. The van der Waals surface area contributed by atoms with E-state index < -0.39 is 0 Å². The molecule has 2 aromatic heterocycles. The number of aromatic nitrogens is 2. The molecular weight excluding hydrogens is 319 g/mol. The zero-order valence-electron chi connectivity index (χ0n) is 13.3. The van der Waals surface area contributed by atoms with Crippen LogP contribution < -0.4 is 10.6 Å². The highest BCUT2D eigenvalue weighted by molar-refractivity contribution is 6.32. The lowest BCUT2D eigenvalue weighted by atomic mass is 10.1. The van der Waals surface area contributed by atoms with Gasteiger partial charge in [0.2, 0.25) is 0 Å². The van der Waals surface area contributed by atoms with E-state index in [0.717, 1.165) is 22.9 Å². The first-order valence-corrected chi connectivity index (χ1v) is 7.63. The number of rotatable bonds is 6. The molecule has 25 heavy (non-hydrogen) atoms.